The first-order valence-electron chi connectivity index (χ1n) is 9.31. The molecule has 1 saturated heterocycles. The summed E-state index contributed by atoms with van der Waals surface area (Å²) in [6, 6.07) is 10.2. The van der Waals surface area contributed by atoms with Crippen LogP contribution in [-0.2, 0) is 35.6 Å². The maximum Gasteiger partial charge on any atom is 0.343 e. The van der Waals surface area contributed by atoms with Gasteiger partial charge in [-0.15, -0.1) is 0 Å². The smallest absolute Gasteiger partial charge is 0.343 e. The van der Waals surface area contributed by atoms with Crippen LogP contribution in [0.3, 0.4) is 0 Å². The molecule has 0 atom stereocenters. The van der Waals surface area contributed by atoms with Gasteiger partial charge in [0.1, 0.15) is 11.9 Å². The Morgan fingerprint density at radius 3 is 2.42 bits per heavy atom. The van der Waals surface area contributed by atoms with E-state index in [1.165, 1.54) is 37.9 Å². The minimum Gasteiger partial charge on any atom is -0.465 e. The van der Waals surface area contributed by atoms with E-state index in [1.807, 2.05) is 6.07 Å². The summed E-state index contributed by atoms with van der Waals surface area (Å²) < 4.78 is 16.9. The minimum atomic E-state index is -1.93. The summed E-state index contributed by atoms with van der Waals surface area (Å²) in [6.45, 7) is 2.93. The number of hydrogen-bond acceptors (Lipinski definition) is 8. The molecular weight excluding hydrogens is 426 g/mol. The molecule has 0 bridgehead atoms. The highest BCUT2D eigenvalue weighted by Crippen LogP contribution is 2.40. The molecule has 0 aliphatic carbocycles. The highest BCUT2D eigenvalue weighted by atomic mass is 35.5. The number of aromatic nitrogens is 3. The summed E-state index contributed by atoms with van der Waals surface area (Å²) in [7, 11) is 1.20. The Morgan fingerprint density at radius 1 is 1.16 bits per heavy atom. The Hall–Kier alpha value is -3.46. The first kappa shape index (κ1) is 20.8. The normalized spacial score (nSPS) is 17.2. The van der Waals surface area contributed by atoms with Crippen LogP contribution in [0.1, 0.15) is 35.5 Å². The van der Waals surface area contributed by atoms with Crippen molar-refractivity contribution in [2.45, 2.75) is 31.5 Å². The van der Waals surface area contributed by atoms with Crippen molar-refractivity contribution in [1.29, 1.82) is 0 Å². The molecule has 2 aromatic heterocycles. The van der Waals surface area contributed by atoms with Crippen LogP contribution in [0.4, 0.5) is 0 Å². The van der Waals surface area contributed by atoms with Crippen LogP contribution in [0.5, 0.6) is 0 Å². The third-order valence-electron chi connectivity index (χ3n) is 5.01. The Bertz CT molecular complexity index is 1180. The van der Waals surface area contributed by atoms with E-state index >= 15 is 0 Å². The van der Waals surface area contributed by atoms with E-state index in [9.17, 15) is 14.4 Å². The van der Waals surface area contributed by atoms with Crippen molar-refractivity contribution in [2.24, 2.45) is 0 Å². The van der Waals surface area contributed by atoms with Gasteiger partial charge in [0.2, 0.25) is 5.41 Å². The number of methoxy groups -OCH3 is 1. The lowest BCUT2D eigenvalue weighted by Crippen LogP contribution is -2.58. The van der Waals surface area contributed by atoms with Crippen LogP contribution in [0.25, 0.3) is 5.65 Å². The average Bonchev–Trinajstić information content (AvgIpc) is 3.19. The fourth-order valence-corrected chi connectivity index (χ4v) is 3.88. The van der Waals surface area contributed by atoms with Gasteiger partial charge in [0, 0.05) is 20.3 Å². The van der Waals surface area contributed by atoms with Gasteiger partial charge in [-0.2, -0.15) is 5.10 Å². The van der Waals surface area contributed by atoms with Gasteiger partial charge in [-0.1, -0.05) is 41.9 Å². The van der Waals surface area contributed by atoms with Gasteiger partial charge in [-0.3, -0.25) is 9.59 Å². The van der Waals surface area contributed by atoms with E-state index in [1.54, 1.807) is 24.3 Å². The number of cyclic esters (lactones) is 2. The van der Waals surface area contributed by atoms with Crippen LogP contribution in [0.15, 0.2) is 42.7 Å². The lowest BCUT2D eigenvalue weighted by atomic mass is 9.77. The zero-order chi connectivity index (χ0) is 22.4. The van der Waals surface area contributed by atoms with E-state index in [2.05, 4.69) is 10.1 Å². The van der Waals surface area contributed by atoms with Crippen molar-refractivity contribution in [2.75, 3.05) is 7.11 Å². The molecule has 1 fully saturated rings. The van der Waals surface area contributed by atoms with E-state index in [4.69, 9.17) is 25.8 Å². The predicted octanol–water partition coefficient (Wildman–Crippen LogP) is 2.49. The summed E-state index contributed by atoms with van der Waals surface area (Å²) >= 11 is 6.39. The Labute approximate surface area is 181 Å². The largest absolute Gasteiger partial charge is 0.465 e. The van der Waals surface area contributed by atoms with Crippen molar-refractivity contribution in [1.82, 2.24) is 14.6 Å². The van der Waals surface area contributed by atoms with Gasteiger partial charge >= 0.3 is 17.9 Å². The molecule has 0 radical (unpaired) electrons. The molecule has 160 valence electrons. The van der Waals surface area contributed by atoms with E-state index in [0.29, 0.717) is 5.56 Å². The van der Waals surface area contributed by atoms with Crippen molar-refractivity contribution in [3.63, 3.8) is 0 Å². The summed E-state index contributed by atoms with van der Waals surface area (Å²) in [5.41, 5.74) is -1.20. The fraction of sp³-hybridized carbons (Fsp3) is 0.286. The molecule has 31 heavy (non-hydrogen) atoms. The number of rotatable bonds is 4. The lowest BCUT2D eigenvalue weighted by Gasteiger charge is -2.40. The van der Waals surface area contributed by atoms with E-state index in [0.717, 1.165) is 0 Å². The number of hydrogen-bond donors (Lipinski definition) is 0. The van der Waals surface area contributed by atoms with Crippen molar-refractivity contribution < 1.29 is 28.6 Å². The minimum absolute atomic E-state index is 0.0345. The number of benzene rings is 1. The Balaban J connectivity index is 2.01. The molecule has 0 N–H and O–H groups in total. The summed E-state index contributed by atoms with van der Waals surface area (Å²) in [5.74, 6) is -3.82. The number of ether oxygens (including phenoxy) is 3. The third kappa shape index (κ3) is 3.31. The lowest BCUT2D eigenvalue weighted by molar-refractivity contribution is -0.243. The summed E-state index contributed by atoms with van der Waals surface area (Å²) in [5, 5.41) is 4.07. The third-order valence-corrected chi connectivity index (χ3v) is 5.31. The number of halogens is 1. The van der Waals surface area contributed by atoms with Gasteiger partial charge in [0.15, 0.2) is 5.65 Å². The van der Waals surface area contributed by atoms with Gasteiger partial charge in [0.25, 0.3) is 5.79 Å². The summed E-state index contributed by atoms with van der Waals surface area (Å²) in [4.78, 5) is 43.1. The number of pyridine rings is 1. The molecule has 0 saturated carbocycles. The van der Waals surface area contributed by atoms with Gasteiger partial charge in [0.05, 0.1) is 17.8 Å². The monoisotopic (exact) mass is 443 g/mol. The number of nitrogens with zero attached hydrogens (tertiary/aromatic N) is 3. The molecule has 9 nitrogen and oxygen atoms in total. The molecule has 10 heteroatoms. The van der Waals surface area contributed by atoms with Crippen LogP contribution in [-0.4, -0.2) is 45.4 Å². The molecule has 0 unspecified atom stereocenters. The highest BCUT2D eigenvalue weighted by Gasteiger charge is 2.59. The zero-order valence-electron chi connectivity index (χ0n) is 16.9. The average molecular weight is 444 g/mol. The first-order chi connectivity index (χ1) is 14.7. The first-order valence-corrected chi connectivity index (χ1v) is 9.69. The Kier molecular flexibility index (Phi) is 4.93. The molecule has 0 amide bonds. The topological polar surface area (TPSA) is 109 Å². The molecule has 4 rings (SSSR count). The van der Waals surface area contributed by atoms with Crippen LogP contribution < -0.4 is 0 Å². The molecule has 1 aromatic carbocycles. The van der Waals surface area contributed by atoms with Gasteiger partial charge in [-0.25, -0.2) is 14.3 Å². The molecular formula is C21H18ClN3O6. The number of carbonyl (C=O) groups excluding carboxylic acids is 3. The van der Waals surface area contributed by atoms with Gasteiger partial charge < -0.3 is 14.2 Å². The highest BCUT2D eigenvalue weighted by molar-refractivity contribution is 6.34. The number of carbonyl (C=O) groups is 3. The SMILES string of the molecule is COC(=O)c1c(Cl)cc(C2(Cc3ccccc3)C(=O)OC(C)(C)OC2=O)n2ncnc12. The summed E-state index contributed by atoms with van der Waals surface area (Å²) in [6.07, 6.45) is 1.10. The molecule has 0 spiro atoms. The molecule has 1 aliphatic rings. The zero-order valence-corrected chi connectivity index (χ0v) is 17.7. The maximum atomic E-state index is 13.4. The van der Waals surface area contributed by atoms with Crippen molar-refractivity contribution in [3.05, 3.63) is 64.6 Å². The standard InChI is InChI=1S/C21H18ClN3O6/c1-20(2)30-18(27)21(19(28)31-20,10-12-7-5-4-6-8-12)14-9-13(22)15(17(26)29-3)16-23-11-24-25(14)16/h4-9,11H,10H2,1-3H3. The number of fused-ring (bicyclic) bond motifs is 1. The second-order valence-corrected chi connectivity index (χ2v) is 7.89. The van der Waals surface area contributed by atoms with E-state index < -0.39 is 29.1 Å². The van der Waals surface area contributed by atoms with Crippen LogP contribution in [0, 0.1) is 0 Å². The van der Waals surface area contributed by atoms with Crippen molar-refractivity contribution in [3.8, 4) is 0 Å². The number of esters is 3. The molecule has 1 aliphatic heterocycles. The van der Waals surface area contributed by atoms with E-state index in [-0.39, 0.29) is 28.3 Å². The van der Waals surface area contributed by atoms with Crippen LogP contribution >= 0.6 is 11.6 Å². The van der Waals surface area contributed by atoms with Crippen molar-refractivity contribution >= 4 is 35.2 Å². The second-order valence-electron chi connectivity index (χ2n) is 7.49. The predicted molar refractivity (Wildman–Crippen MR) is 107 cm³/mol. The maximum absolute atomic E-state index is 13.4. The fourth-order valence-electron chi connectivity index (χ4n) is 3.61. The molecule has 3 heterocycles. The van der Waals surface area contributed by atoms with Gasteiger partial charge in [-0.05, 0) is 11.6 Å². The Morgan fingerprint density at radius 2 is 1.81 bits per heavy atom. The van der Waals surface area contributed by atoms with Crippen LogP contribution in [0.2, 0.25) is 5.02 Å². The molecule has 3 aromatic rings. The second kappa shape index (κ2) is 7.35. The quantitative estimate of drug-likeness (QED) is 0.447.